The summed E-state index contributed by atoms with van der Waals surface area (Å²) in [7, 11) is -3.42. The molecule has 0 aromatic heterocycles. The molecule has 0 radical (unpaired) electrons. The Labute approximate surface area is 130 Å². The second-order valence-corrected chi connectivity index (χ2v) is 7.56. The van der Waals surface area contributed by atoms with Crippen molar-refractivity contribution < 1.29 is 13.2 Å². The number of allylic oxidation sites excluding steroid dienone is 1. The van der Waals surface area contributed by atoms with Crippen LogP contribution < -0.4 is 0 Å². The van der Waals surface area contributed by atoms with Gasteiger partial charge in [0.25, 0.3) is 0 Å². The Morgan fingerprint density at radius 2 is 1.77 bits per heavy atom. The Balaban J connectivity index is 2.15. The van der Waals surface area contributed by atoms with Crippen molar-refractivity contribution in [1.29, 1.82) is 0 Å². The SMILES string of the molecule is Cc1ccc2c(c1)C(=O)/C(=C\c1ccccc1)CCS2(=O)=O. The predicted octanol–water partition coefficient (Wildman–Crippen LogP) is 3.44. The van der Waals surface area contributed by atoms with Gasteiger partial charge in [0.1, 0.15) is 0 Å². The van der Waals surface area contributed by atoms with Crippen molar-refractivity contribution in [3.63, 3.8) is 0 Å². The van der Waals surface area contributed by atoms with E-state index in [1.807, 2.05) is 37.3 Å². The minimum atomic E-state index is -3.42. The van der Waals surface area contributed by atoms with Gasteiger partial charge in [-0.1, -0.05) is 42.0 Å². The largest absolute Gasteiger partial charge is 0.289 e. The molecule has 0 fully saturated rings. The number of carbonyl (C=O) groups excluding carboxylic acids is 1. The fourth-order valence-corrected chi connectivity index (χ4v) is 4.09. The van der Waals surface area contributed by atoms with Gasteiger partial charge in [-0.05, 0) is 37.1 Å². The first kappa shape index (κ1) is 14.7. The van der Waals surface area contributed by atoms with Gasteiger partial charge in [-0.25, -0.2) is 8.42 Å². The van der Waals surface area contributed by atoms with E-state index in [0.717, 1.165) is 11.1 Å². The molecule has 2 aromatic carbocycles. The Kier molecular flexibility index (Phi) is 3.71. The molecular weight excluding hydrogens is 296 g/mol. The van der Waals surface area contributed by atoms with Crippen molar-refractivity contribution in [1.82, 2.24) is 0 Å². The molecule has 3 nitrogen and oxygen atoms in total. The number of benzene rings is 2. The van der Waals surface area contributed by atoms with Crippen LogP contribution in [0.5, 0.6) is 0 Å². The average molecular weight is 312 g/mol. The minimum absolute atomic E-state index is 0.0343. The second-order valence-electron chi connectivity index (χ2n) is 5.48. The third kappa shape index (κ3) is 2.74. The lowest BCUT2D eigenvalue weighted by atomic mass is 9.98. The maximum atomic E-state index is 12.7. The van der Waals surface area contributed by atoms with Crippen LogP contribution in [-0.2, 0) is 9.84 Å². The number of carbonyl (C=O) groups is 1. The third-order valence-corrected chi connectivity index (χ3v) is 5.55. The van der Waals surface area contributed by atoms with E-state index in [4.69, 9.17) is 0 Å². The first-order valence-electron chi connectivity index (χ1n) is 7.11. The van der Waals surface area contributed by atoms with Crippen LogP contribution in [-0.4, -0.2) is 20.0 Å². The number of ketones is 1. The van der Waals surface area contributed by atoms with E-state index in [0.29, 0.717) is 11.1 Å². The highest BCUT2D eigenvalue weighted by atomic mass is 32.2. The Hall–Kier alpha value is -2.20. The summed E-state index contributed by atoms with van der Waals surface area (Å²) in [6.45, 7) is 1.85. The summed E-state index contributed by atoms with van der Waals surface area (Å²) in [6.07, 6.45) is 2.03. The summed E-state index contributed by atoms with van der Waals surface area (Å²) < 4.78 is 24.7. The van der Waals surface area contributed by atoms with Crippen LogP contribution in [0.2, 0.25) is 0 Å². The smallest absolute Gasteiger partial charge is 0.190 e. The van der Waals surface area contributed by atoms with E-state index in [-0.39, 0.29) is 22.9 Å². The van der Waals surface area contributed by atoms with Crippen molar-refractivity contribution in [3.05, 3.63) is 70.8 Å². The predicted molar refractivity (Wildman–Crippen MR) is 86.6 cm³/mol. The lowest BCUT2D eigenvalue weighted by Crippen LogP contribution is -2.07. The summed E-state index contributed by atoms with van der Waals surface area (Å²) in [4.78, 5) is 12.9. The molecule has 112 valence electrons. The van der Waals surface area contributed by atoms with Crippen LogP contribution in [0.4, 0.5) is 0 Å². The van der Waals surface area contributed by atoms with E-state index in [1.165, 1.54) is 0 Å². The number of hydrogen-bond acceptors (Lipinski definition) is 3. The molecule has 0 N–H and O–H groups in total. The molecule has 0 saturated carbocycles. The van der Waals surface area contributed by atoms with Crippen molar-refractivity contribution >= 4 is 21.7 Å². The van der Waals surface area contributed by atoms with Crippen molar-refractivity contribution in [2.45, 2.75) is 18.2 Å². The van der Waals surface area contributed by atoms with Gasteiger partial charge in [0.15, 0.2) is 15.6 Å². The summed E-state index contributed by atoms with van der Waals surface area (Å²) in [5.41, 5.74) is 2.61. The number of sulfone groups is 1. The van der Waals surface area contributed by atoms with Gasteiger partial charge < -0.3 is 0 Å². The highest BCUT2D eigenvalue weighted by Gasteiger charge is 2.29. The fraction of sp³-hybridized carbons (Fsp3) is 0.167. The van der Waals surface area contributed by atoms with Crippen LogP contribution in [0.25, 0.3) is 6.08 Å². The van der Waals surface area contributed by atoms with Gasteiger partial charge in [0.2, 0.25) is 0 Å². The van der Waals surface area contributed by atoms with Crippen LogP contribution in [0.3, 0.4) is 0 Å². The molecule has 1 aliphatic rings. The molecule has 0 saturated heterocycles. The summed E-state index contributed by atoms with van der Waals surface area (Å²) in [5, 5.41) is 0. The molecule has 2 aromatic rings. The van der Waals surface area contributed by atoms with Crippen molar-refractivity contribution in [2.75, 3.05) is 5.75 Å². The summed E-state index contributed by atoms with van der Waals surface area (Å²) >= 11 is 0. The molecule has 1 aliphatic heterocycles. The molecular formula is C18H16O3S. The highest BCUT2D eigenvalue weighted by Crippen LogP contribution is 2.28. The molecule has 3 rings (SSSR count). The molecule has 0 bridgehead atoms. The summed E-state index contributed by atoms with van der Waals surface area (Å²) in [5.74, 6) is -0.225. The molecule has 0 aliphatic carbocycles. The van der Waals surface area contributed by atoms with Gasteiger partial charge in [0.05, 0.1) is 10.6 Å². The number of Topliss-reactive ketones (excluding diaryl/α,β-unsaturated/α-hetero) is 1. The van der Waals surface area contributed by atoms with Crippen LogP contribution in [0.1, 0.15) is 27.9 Å². The molecule has 0 unspecified atom stereocenters. The highest BCUT2D eigenvalue weighted by molar-refractivity contribution is 7.91. The van der Waals surface area contributed by atoms with E-state index in [9.17, 15) is 13.2 Å². The fourth-order valence-electron chi connectivity index (χ4n) is 2.62. The second kappa shape index (κ2) is 5.54. The zero-order chi connectivity index (χ0) is 15.7. The van der Waals surface area contributed by atoms with Crippen LogP contribution in [0, 0.1) is 6.92 Å². The van der Waals surface area contributed by atoms with Gasteiger partial charge in [-0.15, -0.1) is 0 Å². The van der Waals surface area contributed by atoms with E-state index in [1.54, 1.807) is 24.3 Å². The van der Waals surface area contributed by atoms with Gasteiger partial charge in [-0.2, -0.15) is 0 Å². The molecule has 22 heavy (non-hydrogen) atoms. The minimum Gasteiger partial charge on any atom is -0.289 e. The number of aryl methyl sites for hydroxylation is 1. The summed E-state index contributed by atoms with van der Waals surface area (Å²) in [6, 6.07) is 14.4. The Bertz CT molecular complexity index is 862. The maximum absolute atomic E-state index is 12.7. The molecule has 0 amide bonds. The zero-order valence-electron chi connectivity index (χ0n) is 12.2. The van der Waals surface area contributed by atoms with Crippen molar-refractivity contribution in [3.8, 4) is 0 Å². The molecule has 0 spiro atoms. The topological polar surface area (TPSA) is 51.2 Å². The number of rotatable bonds is 1. The van der Waals surface area contributed by atoms with Gasteiger partial charge in [-0.3, -0.25) is 4.79 Å². The normalized spacial score (nSPS) is 18.8. The molecule has 4 heteroatoms. The van der Waals surface area contributed by atoms with Gasteiger partial charge >= 0.3 is 0 Å². The first-order chi connectivity index (χ1) is 10.5. The number of hydrogen-bond donors (Lipinski definition) is 0. The maximum Gasteiger partial charge on any atom is 0.190 e. The lowest BCUT2D eigenvalue weighted by Gasteiger charge is -2.06. The van der Waals surface area contributed by atoms with Crippen molar-refractivity contribution in [2.24, 2.45) is 0 Å². The monoisotopic (exact) mass is 312 g/mol. The molecule has 0 atom stereocenters. The first-order valence-corrected chi connectivity index (χ1v) is 8.76. The Morgan fingerprint density at radius 1 is 1.05 bits per heavy atom. The standard InChI is InChI=1S/C18H16O3S/c1-13-7-8-17-16(11-13)18(19)15(9-10-22(17,20)21)12-14-5-3-2-4-6-14/h2-8,11-12H,9-10H2,1H3/b15-12-. The number of fused-ring (bicyclic) bond motifs is 1. The van der Waals surface area contributed by atoms with Crippen LogP contribution >= 0.6 is 0 Å². The van der Waals surface area contributed by atoms with Crippen LogP contribution in [0.15, 0.2) is 59.0 Å². The Morgan fingerprint density at radius 3 is 2.50 bits per heavy atom. The quantitative estimate of drug-likeness (QED) is 0.758. The van der Waals surface area contributed by atoms with E-state index in [2.05, 4.69) is 0 Å². The molecule has 1 heterocycles. The van der Waals surface area contributed by atoms with Gasteiger partial charge in [0, 0.05) is 11.1 Å². The van der Waals surface area contributed by atoms with E-state index < -0.39 is 9.84 Å². The zero-order valence-corrected chi connectivity index (χ0v) is 13.1. The van der Waals surface area contributed by atoms with E-state index >= 15 is 0 Å². The lowest BCUT2D eigenvalue weighted by molar-refractivity contribution is 0.103. The third-order valence-electron chi connectivity index (χ3n) is 3.79. The average Bonchev–Trinajstić information content (AvgIpc) is 2.59.